The molecule has 0 aromatic heterocycles. The molecule has 3 unspecified atom stereocenters. The van der Waals surface area contributed by atoms with Gasteiger partial charge in [-0.15, -0.1) is 0 Å². The van der Waals surface area contributed by atoms with Crippen LogP contribution >= 0.6 is 11.8 Å². The third-order valence-electron chi connectivity index (χ3n) is 3.15. The van der Waals surface area contributed by atoms with E-state index < -0.39 is 0 Å². The normalized spacial score (nSPS) is 34.4. The molecule has 0 N–H and O–H groups in total. The average molecular weight is 201 g/mol. The van der Waals surface area contributed by atoms with Crippen LogP contribution in [0.15, 0.2) is 0 Å². The summed E-state index contributed by atoms with van der Waals surface area (Å²) < 4.78 is 0. The second-order valence-electron chi connectivity index (χ2n) is 4.65. The Hall–Kier alpha value is 0.310. The topological polar surface area (TPSA) is 3.24 Å². The highest BCUT2D eigenvalue weighted by atomic mass is 32.2. The highest BCUT2D eigenvalue weighted by Gasteiger charge is 2.29. The predicted octanol–water partition coefficient (Wildman–Crippen LogP) is 2.72. The number of rotatable bonds is 4. The molecule has 0 spiro atoms. The molecular formula is C11H23NS. The van der Waals surface area contributed by atoms with Gasteiger partial charge >= 0.3 is 0 Å². The van der Waals surface area contributed by atoms with Crippen LogP contribution in [0.4, 0.5) is 0 Å². The van der Waals surface area contributed by atoms with Crippen LogP contribution in [-0.2, 0) is 0 Å². The molecule has 78 valence electrons. The summed E-state index contributed by atoms with van der Waals surface area (Å²) >= 11 is 2.19. The molecule has 0 radical (unpaired) electrons. The van der Waals surface area contributed by atoms with E-state index in [0.29, 0.717) is 0 Å². The van der Waals surface area contributed by atoms with Crippen LogP contribution in [0, 0.1) is 11.8 Å². The van der Waals surface area contributed by atoms with E-state index in [1.165, 1.54) is 25.1 Å². The third kappa shape index (κ3) is 3.51. The lowest BCUT2D eigenvalue weighted by Crippen LogP contribution is -2.17. The lowest BCUT2D eigenvalue weighted by atomic mass is 9.92. The first-order chi connectivity index (χ1) is 6.11. The van der Waals surface area contributed by atoms with Crippen molar-refractivity contribution in [2.24, 2.45) is 11.8 Å². The summed E-state index contributed by atoms with van der Waals surface area (Å²) in [6, 6.07) is 0. The Morgan fingerprint density at radius 2 is 2.00 bits per heavy atom. The summed E-state index contributed by atoms with van der Waals surface area (Å²) in [7, 11) is 4.32. The second-order valence-corrected chi connectivity index (χ2v) is 5.93. The standard InChI is InChI=1S/C11H23NS/c1-9-8-13-11(10(9)2)6-5-7-12(3)4/h9-11H,5-8H2,1-4H3. The van der Waals surface area contributed by atoms with E-state index in [0.717, 1.165) is 17.1 Å². The highest BCUT2D eigenvalue weighted by molar-refractivity contribution is 8.00. The minimum Gasteiger partial charge on any atom is -0.309 e. The molecule has 1 aliphatic heterocycles. The molecule has 3 atom stereocenters. The van der Waals surface area contributed by atoms with Gasteiger partial charge in [0, 0.05) is 5.25 Å². The average Bonchev–Trinajstić information content (AvgIpc) is 2.35. The predicted molar refractivity (Wildman–Crippen MR) is 62.4 cm³/mol. The molecule has 1 aliphatic rings. The molecule has 0 aliphatic carbocycles. The first-order valence-electron chi connectivity index (χ1n) is 5.37. The van der Waals surface area contributed by atoms with Crippen molar-refractivity contribution in [1.82, 2.24) is 4.90 Å². The van der Waals surface area contributed by atoms with Crippen LogP contribution in [0.5, 0.6) is 0 Å². The van der Waals surface area contributed by atoms with Gasteiger partial charge in [-0.1, -0.05) is 13.8 Å². The number of hydrogen-bond donors (Lipinski definition) is 0. The summed E-state index contributed by atoms with van der Waals surface area (Å²) in [5.74, 6) is 3.26. The van der Waals surface area contributed by atoms with E-state index in [4.69, 9.17) is 0 Å². The van der Waals surface area contributed by atoms with Gasteiger partial charge in [-0.2, -0.15) is 11.8 Å². The van der Waals surface area contributed by atoms with Crippen LogP contribution in [0.25, 0.3) is 0 Å². The minimum absolute atomic E-state index is 0.937. The largest absolute Gasteiger partial charge is 0.309 e. The van der Waals surface area contributed by atoms with Crippen molar-refractivity contribution >= 4 is 11.8 Å². The van der Waals surface area contributed by atoms with E-state index in [1.807, 2.05) is 0 Å². The Kier molecular flexibility index (Phi) is 4.60. The van der Waals surface area contributed by atoms with Gasteiger partial charge in [-0.25, -0.2) is 0 Å². The molecule has 2 heteroatoms. The lowest BCUT2D eigenvalue weighted by Gasteiger charge is -2.17. The van der Waals surface area contributed by atoms with Crippen molar-refractivity contribution in [2.75, 3.05) is 26.4 Å². The maximum atomic E-state index is 2.42. The Labute approximate surface area is 87.3 Å². The van der Waals surface area contributed by atoms with Gasteiger partial charge in [-0.05, 0) is 51.1 Å². The van der Waals surface area contributed by atoms with E-state index in [1.54, 1.807) is 0 Å². The zero-order valence-electron chi connectivity index (χ0n) is 9.42. The van der Waals surface area contributed by atoms with Gasteiger partial charge < -0.3 is 4.90 Å². The molecule has 1 nitrogen and oxygen atoms in total. The smallest absolute Gasteiger partial charge is 0.00761 e. The molecule has 13 heavy (non-hydrogen) atoms. The maximum Gasteiger partial charge on any atom is 0.00761 e. The van der Waals surface area contributed by atoms with Gasteiger partial charge in [0.25, 0.3) is 0 Å². The van der Waals surface area contributed by atoms with E-state index in [2.05, 4.69) is 44.6 Å². The van der Waals surface area contributed by atoms with E-state index >= 15 is 0 Å². The van der Waals surface area contributed by atoms with Crippen molar-refractivity contribution in [2.45, 2.75) is 31.9 Å². The Balaban J connectivity index is 2.15. The quantitative estimate of drug-likeness (QED) is 0.688. The zero-order chi connectivity index (χ0) is 9.84. The monoisotopic (exact) mass is 201 g/mol. The van der Waals surface area contributed by atoms with Crippen molar-refractivity contribution in [3.05, 3.63) is 0 Å². The zero-order valence-corrected chi connectivity index (χ0v) is 10.2. The molecule has 0 aromatic carbocycles. The molecule has 1 heterocycles. The van der Waals surface area contributed by atoms with Crippen LogP contribution < -0.4 is 0 Å². The van der Waals surface area contributed by atoms with Crippen molar-refractivity contribution < 1.29 is 0 Å². The minimum atomic E-state index is 0.937. The first-order valence-corrected chi connectivity index (χ1v) is 6.42. The fourth-order valence-corrected chi connectivity index (χ4v) is 3.66. The van der Waals surface area contributed by atoms with E-state index in [-0.39, 0.29) is 0 Å². The van der Waals surface area contributed by atoms with Crippen LogP contribution in [0.3, 0.4) is 0 Å². The molecule has 0 saturated carbocycles. The number of hydrogen-bond acceptors (Lipinski definition) is 2. The SMILES string of the molecule is CC1CSC(CCCN(C)C)C1C. The van der Waals surface area contributed by atoms with Crippen molar-refractivity contribution in [3.63, 3.8) is 0 Å². The Morgan fingerprint density at radius 1 is 1.31 bits per heavy atom. The number of nitrogens with zero attached hydrogens (tertiary/aromatic N) is 1. The maximum absolute atomic E-state index is 2.42. The molecule has 1 fully saturated rings. The van der Waals surface area contributed by atoms with Crippen LogP contribution in [-0.4, -0.2) is 36.5 Å². The molecule has 0 amide bonds. The van der Waals surface area contributed by atoms with Gasteiger partial charge in [-0.3, -0.25) is 0 Å². The first kappa shape index (κ1) is 11.4. The van der Waals surface area contributed by atoms with Crippen molar-refractivity contribution in [1.29, 1.82) is 0 Å². The van der Waals surface area contributed by atoms with Crippen LogP contribution in [0.1, 0.15) is 26.7 Å². The van der Waals surface area contributed by atoms with Crippen LogP contribution in [0.2, 0.25) is 0 Å². The summed E-state index contributed by atoms with van der Waals surface area (Å²) in [6.45, 7) is 6.06. The molecule has 1 rings (SSSR count). The van der Waals surface area contributed by atoms with Crippen molar-refractivity contribution in [3.8, 4) is 0 Å². The summed E-state index contributed by atoms with van der Waals surface area (Å²) in [4.78, 5) is 2.29. The third-order valence-corrected chi connectivity index (χ3v) is 4.96. The van der Waals surface area contributed by atoms with E-state index in [9.17, 15) is 0 Å². The lowest BCUT2D eigenvalue weighted by molar-refractivity contribution is 0.369. The second kappa shape index (κ2) is 5.26. The molecule has 1 saturated heterocycles. The molecule has 0 bridgehead atoms. The van der Waals surface area contributed by atoms with Gasteiger partial charge in [0.15, 0.2) is 0 Å². The molecular weight excluding hydrogens is 178 g/mol. The summed E-state index contributed by atoms with van der Waals surface area (Å²) in [5, 5.41) is 0.940. The van der Waals surface area contributed by atoms with Gasteiger partial charge in [0.2, 0.25) is 0 Å². The fourth-order valence-electron chi connectivity index (χ4n) is 1.90. The van der Waals surface area contributed by atoms with Gasteiger partial charge in [0.1, 0.15) is 0 Å². The van der Waals surface area contributed by atoms with Gasteiger partial charge in [0.05, 0.1) is 0 Å². The summed E-state index contributed by atoms with van der Waals surface area (Å²) in [6.07, 6.45) is 2.77. The number of thioether (sulfide) groups is 1. The fraction of sp³-hybridized carbons (Fsp3) is 1.00. The highest BCUT2D eigenvalue weighted by Crippen LogP contribution is 2.38. The summed E-state index contributed by atoms with van der Waals surface area (Å²) in [5.41, 5.74) is 0. The Morgan fingerprint density at radius 3 is 2.46 bits per heavy atom. The Bertz CT molecular complexity index is 147. The molecule has 0 aromatic rings.